The van der Waals surface area contributed by atoms with Gasteiger partial charge in [-0.1, -0.05) is 25.5 Å². The molecule has 0 aromatic rings. The number of carbonyl (C=O) groups is 2. The molecule has 0 amide bonds. The van der Waals surface area contributed by atoms with Crippen molar-refractivity contribution in [2.45, 2.75) is 58.2 Å². The Bertz CT molecular complexity index is 663. The molecule has 1 unspecified atom stereocenters. The molecule has 0 spiro atoms. The Labute approximate surface area is 142 Å². The van der Waals surface area contributed by atoms with Crippen molar-refractivity contribution in [3.05, 3.63) is 23.8 Å². The fourth-order valence-corrected chi connectivity index (χ4v) is 6.37. The lowest BCUT2D eigenvalue weighted by Gasteiger charge is -2.61. The van der Waals surface area contributed by atoms with Crippen LogP contribution in [0.25, 0.3) is 0 Å². The molecule has 3 fully saturated rings. The zero-order chi connectivity index (χ0) is 17.3. The lowest BCUT2D eigenvalue weighted by Crippen LogP contribution is -2.61. The molecular formula is C20H26O4. The molecule has 0 aliphatic heterocycles. The summed E-state index contributed by atoms with van der Waals surface area (Å²) in [5.41, 5.74) is 0.317. The predicted molar refractivity (Wildman–Crippen MR) is 89.0 cm³/mol. The fraction of sp³-hybridized carbons (Fsp3) is 0.700. The van der Waals surface area contributed by atoms with Crippen LogP contribution in [0.15, 0.2) is 23.8 Å². The summed E-state index contributed by atoms with van der Waals surface area (Å²) in [7, 11) is 0. The van der Waals surface area contributed by atoms with Gasteiger partial charge < -0.3 is 10.2 Å². The van der Waals surface area contributed by atoms with E-state index in [2.05, 4.69) is 6.92 Å². The molecule has 4 aliphatic carbocycles. The summed E-state index contributed by atoms with van der Waals surface area (Å²) < 4.78 is 0. The Hall–Kier alpha value is -1.26. The zero-order valence-electron chi connectivity index (χ0n) is 14.4. The van der Waals surface area contributed by atoms with Gasteiger partial charge in [-0.2, -0.15) is 0 Å². The van der Waals surface area contributed by atoms with E-state index >= 15 is 0 Å². The van der Waals surface area contributed by atoms with Crippen LogP contribution < -0.4 is 0 Å². The first-order valence-corrected chi connectivity index (χ1v) is 9.10. The average Bonchev–Trinajstić information content (AvgIpc) is 2.52. The highest BCUT2D eigenvalue weighted by molar-refractivity contribution is 6.01. The summed E-state index contributed by atoms with van der Waals surface area (Å²) in [5, 5.41) is 21.6. The summed E-state index contributed by atoms with van der Waals surface area (Å²) >= 11 is 0. The van der Waals surface area contributed by atoms with Crippen molar-refractivity contribution in [3.63, 3.8) is 0 Å². The molecule has 0 aromatic heterocycles. The summed E-state index contributed by atoms with van der Waals surface area (Å²) in [4.78, 5) is 23.8. The van der Waals surface area contributed by atoms with E-state index < -0.39 is 17.6 Å². The number of hydrogen-bond acceptors (Lipinski definition) is 4. The maximum absolute atomic E-state index is 12.1. The Kier molecular flexibility index (Phi) is 3.46. The van der Waals surface area contributed by atoms with Crippen molar-refractivity contribution in [2.24, 2.45) is 28.6 Å². The van der Waals surface area contributed by atoms with E-state index in [1.165, 1.54) is 0 Å². The number of aliphatic hydroxyl groups is 2. The van der Waals surface area contributed by atoms with Crippen LogP contribution in [0.5, 0.6) is 0 Å². The minimum Gasteiger partial charge on any atom is -0.393 e. The highest BCUT2D eigenvalue weighted by Gasteiger charge is 2.61. The van der Waals surface area contributed by atoms with Crippen LogP contribution in [0, 0.1) is 28.6 Å². The van der Waals surface area contributed by atoms with E-state index in [0.29, 0.717) is 12.8 Å². The molecule has 0 bridgehead atoms. The van der Waals surface area contributed by atoms with E-state index in [1.807, 2.05) is 13.0 Å². The van der Waals surface area contributed by atoms with Crippen LogP contribution in [0.4, 0.5) is 0 Å². The molecule has 4 rings (SSSR count). The van der Waals surface area contributed by atoms with Crippen molar-refractivity contribution < 1.29 is 19.8 Å². The number of aliphatic hydroxyl groups excluding tert-OH is 2. The largest absolute Gasteiger partial charge is 0.393 e. The fourth-order valence-electron chi connectivity index (χ4n) is 6.37. The lowest BCUT2D eigenvalue weighted by molar-refractivity contribution is -0.177. The zero-order valence-corrected chi connectivity index (χ0v) is 14.4. The van der Waals surface area contributed by atoms with Crippen LogP contribution in [0.3, 0.4) is 0 Å². The molecule has 2 N–H and O–H groups in total. The first-order chi connectivity index (χ1) is 11.3. The van der Waals surface area contributed by atoms with Crippen LogP contribution in [0.1, 0.15) is 46.0 Å². The summed E-state index contributed by atoms with van der Waals surface area (Å²) in [6.07, 6.45) is 7.31. The van der Waals surface area contributed by atoms with Crippen LogP contribution in [-0.4, -0.2) is 34.0 Å². The van der Waals surface area contributed by atoms with Crippen molar-refractivity contribution in [2.75, 3.05) is 0 Å². The van der Waals surface area contributed by atoms with Gasteiger partial charge in [0.1, 0.15) is 6.10 Å². The quantitative estimate of drug-likeness (QED) is 0.714. The minimum atomic E-state index is -0.958. The van der Waals surface area contributed by atoms with E-state index in [0.717, 1.165) is 24.8 Å². The summed E-state index contributed by atoms with van der Waals surface area (Å²) in [6, 6.07) is 0. The smallest absolute Gasteiger partial charge is 0.178 e. The third-order valence-corrected chi connectivity index (χ3v) is 7.56. The van der Waals surface area contributed by atoms with Gasteiger partial charge in [0, 0.05) is 23.2 Å². The van der Waals surface area contributed by atoms with Gasteiger partial charge in [-0.3, -0.25) is 9.59 Å². The number of allylic oxidation sites excluding steroid dienone is 4. The molecule has 7 atom stereocenters. The standard InChI is InChI=1S/C20H26O4/c1-19-8-7-12(21)9-11(19)3-4-13-14-5-6-15(22)18(24)20(14,2)10-16(23)17(13)19/h7-9,13-14,16-18,23-24H,3-6,10H2,1-2H3/t13-,14-,16-,17+,18?,19-,20-/m0/s1. The van der Waals surface area contributed by atoms with Gasteiger partial charge in [0.05, 0.1) is 6.10 Å². The third kappa shape index (κ3) is 1.99. The van der Waals surface area contributed by atoms with Gasteiger partial charge in [-0.15, -0.1) is 0 Å². The number of rotatable bonds is 0. The number of hydrogen-bond donors (Lipinski definition) is 2. The number of ketones is 2. The van der Waals surface area contributed by atoms with Crippen molar-refractivity contribution in [3.8, 4) is 0 Å². The van der Waals surface area contributed by atoms with Crippen LogP contribution >= 0.6 is 0 Å². The van der Waals surface area contributed by atoms with Crippen molar-refractivity contribution in [1.82, 2.24) is 0 Å². The average molecular weight is 330 g/mol. The Morgan fingerprint density at radius 2 is 1.88 bits per heavy atom. The first-order valence-electron chi connectivity index (χ1n) is 9.10. The second-order valence-electron chi connectivity index (χ2n) is 8.71. The maximum Gasteiger partial charge on any atom is 0.178 e. The summed E-state index contributed by atoms with van der Waals surface area (Å²) in [6.45, 7) is 4.11. The van der Waals surface area contributed by atoms with E-state index in [-0.39, 0.29) is 34.7 Å². The minimum absolute atomic E-state index is 0.0368. The van der Waals surface area contributed by atoms with Gasteiger partial charge in [0.25, 0.3) is 0 Å². The molecule has 4 aliphatic rings. The molecule has 0 aromatic carbocycles. The molecule has 3 saturated carbocycles. The van der Waals surface area contributed by atoms with Crippen molar-refractivity contribution >= 4 is 11.6 Å². The third-order valence-electron chi connectivity index (χ3n) is 7.56. The first kappa shape index (κ1) is 16.2. The molecule has 130 valence electrons. The number of fused-ring (bicyclic) bond motifs is 5. The van der Waals surface area contributed by atoms with E-state index in [1.54, 1.807) is 12.2 Å². The van der Waals surface area contributed by atoms with Crippen LogP contribution in [0.2, 0.25) is 0 Å². The number of carbonyl (C=O) groups excluding carboxylic acids is 2. The lowest BCUT2D eigenvalue weighted by atomic mass is 9.44. The van der Waals surface area contributed by atoms with E-state index in [9.17, 15) is 19.8 Å². The predicted octanol–water partition coefficient (Wildman–Crippen LogP) is 2.20. The SMILES string of the molecule is C[C@]12C=CC(=O)C=C1CC[C@@H]1[C@@H]2[C@@H](O)C[C@]2(C)C(O)C(=O)CC[C@@H]12. The van der Waals surface area contributed by atoms with Gasteiger partial charge >= 0.3 is 0 Å². The van der Waals surface area contributed by atoms with Crippen LogP contribution in [-0.2, 0) is 9.59 Å². The Balaban J connectivity index is 1.75. The normalized spacial score (nSPS) is 50.7. The molecule has 0 saturated heterocycles. The second-order valence-corrected chi connectivity index (χ2v) is 8.71. The monoisotopic (exact) mass is 330 g/mol. The molecular weight excluding hydrogens is 304 g/mol. The van der Waals surface area contributed by atoms with Gasteiger partial charge in [-0.05, 0) is 49.7 Å². The maximum atomic E-state index is 12.1. The summed E-state index contributed by atoms with van der Waals surface area (Å²) in [5.74, 6) is 0.546. The molecule has 0 heterocycles. The Morgan fingerprint density at radius 1 is 1.12 bits per heavy atom. The van der Waals surface area contributed by atoms with Crippen molar-refractivity contribution in [1.29, 1.82) is 0 Å². The Morgan fingerprint density at radius 3 is 2.62 bits per heavy atom. The molecule has 4 nitrogen and oxygen atoms in total. The number of Topliss-reactive ketones (excluding diaryl/α,β-unsaturated/α-hetero) is 1. The molecule has 0 radical (unpaired) electrons. The molecule has 4 heteroatoms. The topological polar surface area (TPSA) is 74.6 Å². The van der Waals surface area contributed by atoms with Gasteiger partial charge in [-0.25, -0.2) is 0 Å². The second kappa shape index (κ2) is 5.12. The molecule has 24 heavy (non-hydrogen) atoms. The van der Waals surface area contributed by atoms with Gasteiger partial charge in [0.2, 0.25) is 0 Å². The highest BCUT2D eigenvalue weighted by atomic mass is 16.3. The highest BCUT2D eigenvalue weighted by Crippen LogP contribution is 2.63. The van der Waals surface area contributed by atoms with E-state index in [4.69, 9.17) is 0 Å². The van der Waals surface area contributed by atoms with Gasteiger partial charge in [0.15, 0.2) is 11.6 Å².